The van der Waals surface area contributed by atoms with E-state index in [0.717, 1.165) is 25.7 Å². The van der Waals surface area contributed by atoms with Gasteiger partial charge in [-0.25, -0.2) is 0 Å². The first-order valence-electron chi connectivity index (χ1n) is 5.89. The van der Waals surface area contributed by atoms with Crippen molar-refractivity contribution in [1.82, 2.24) is 0 Å². The summed E-state index contributed by atoms with van der Waals surface area (Å²) in [6.45, 7) is 2.16. The molecule has 0 amide bonds. The maximum Gasteiger partial charge on any atom is 0.136 e. The van der Waals surface area contributed by atoms with Crippen LogP contribution in [0.4, 0.5) is 0 Å². The summed E-state index contributed by atoms with van der Waals surface area (Å²) >= 11 is 0. The minimum absolute atomic E-state index is 0.334. The SMILES string of the molecule is CCCC1CC(c2ccccc2)CC1=O. The molecule has 1 aromatic carbocycles. The molecule has 0 radical (unpaired) electrons. The Morgan fingerprint density at radius 2 is 2.00 bits per heavy atom. The van der Waals surface area contributed by atoms with Gasteiger partial charge >= 0.3 is 0 Å². The largest absolute Gasteiger partial charge is 0.299 e. The third-order valence-electron chi connectivity index (χ3n) is 3.38. The topological polar surface area (TPSA) is 17.1 Å². The summed E-state index contributed by atoms with van der Waals surface area (Å²) in [6.07, 6.45) is 4.02. The fourth-order valence-corrected chi connectivity index (χ4v) is 2.57. The minimum Gasteiger partial charge on any atom is -0.299 e. The Bertz CT molecular complexity index is 328. The van der Waals surface area contributed by atoms with Crippen molar-refractivity contribution >= 4 is 5.78 Å². The highest BCUT2D eigenvalue weighted by atomic mass is 16.1. The summed E-state index contributed by atoms with van der Waals surface area (Å²) in [4.78, 5) is 11.7. The van der Waals surface area contributed by atoms with Crippen LogP contribution in [0.1, 0.15) is 44.1 Å². The van der Waals surface area contributed by atoms with Crippen LogP contribution in [0.5, 0.6) is 0 Å². The highest BCUT2D eigenvalue weighted by Gasteiger charge is 2.32. The average Bonchev–Trinajstić information content (AvgIpc) is 2.63. The zero-order valence-corrected chi connectivity index (χ0v) is 9.28. The summed E-state index contributed by atoms with van der Waals surface area (Å²) in [6, 6.07) is 10.4. The molecule has 1 saturated carbocycles. The number of carbonyl (C=O) groups excluding carboxylic acids is 1. The van der Waals surface area contributed by atoms with Gasteiger partial charge in [0.1, 0.15) is 5.78 Å². The molecule has 0 spiro atoms. The van der Waals surface area contributed by atoms with Crippen LogP contribution in [0, 0.1) is 5.92 Å². The van der Waals surface area contributed by atoms with E-state index in [0.29, 0.717) is 17.6 Å². The molecule has 0 saturated heterocycles. The molecular weight excluding hydrogens is 184 g/mol. The van der Waals surface area contributed by atoms with Gasteiger partial charge in [-0.05, 0) is 24.3 Å². The van der Waals surface area contributed by atoms with E-state index in [1.165, 1.54) is 5.56 Å². The number of rotatable bonds is 3. The van der Waals surface area contributed by atoms with Crippen molar-refractivity contribution in [2.24, 2.45) is 5.92 Å². The Morgan fingerprint density at radius 3 is 2.67 bits per heavy atom. The van der Waals surface area contributed by atoms with Gasteiger partial charge in [0.15, 0.2) is 0 Å². The third-order valence-corrected chi connectivity index (χ3v) is 3.38. The molecule has 0 bridgehead atoms. The van der Waals surface area contributed by atoms with Crippen molar-refractivity contribution in [3.63, 3.8) is 0 Å². The molecule has 0 heterocycles. The first kappa shape index (κ1) is 10.4. The van der Waals surface area contributed by atoms with Gasteiger partial charge in [0.2, 0.25) is 0 Å². The van der Waals surface area contributed by atoms with Gasteiger partial charge in [0, 0.05) is 12.3 Å². The maximum atomic E-state index is 11.7. The molecule has 0 N–H and O–H groups in total. The lowest BCUT2D eigenvalue weighted by molar-refractivity contribution is -0.120. The van der Waals surface area contributed by atoms with Gasteiger partial charge in [-0.1, -0.05) is 43.7 Å². The number of benzene rings is 1. The lowest BCUT2D eigenvalue weighted by Crippen LogP contribution is -2.04. The zero-order chi connectivity index (χ0) is 10.7. The summed E-state index contributed by atoms with van der Waals surface area (Å²) in [5, 5.41) is 0. The van der Waals surface area contributed by atoms with E-state index in [9.17, 15) is 4.79 Å². The van der Waals surface area contributed by atoms with Crippen molar-refractivity contribution in [3.05, 3.63) is 35.9 Å². The Kier molecular flexibility index (Phi) is 3.20. The molecule has 1 nitrogen and oxygen atoms in total. The molecule has 1 aromatic rings. The summed E-state index contributed by atoms with van der Waals surface area (Å²) in [7, 11) is 0. The number of ketones is 1. The predicted molar refractivity (Wildman–Crippen MR) is 61.8 cm³/mol. The lowest BCUT2D eigenvalue weighted by atomic mass is 9.95. The standard InChI is InChI=1S/C14H18O/c1-2-6-12-9-13(10-14(12)15)11-7-4-3-5-8-11/h3-5,7-8,12-13H,2,6,9-10H2,1H3. The van der Waals surface area contributed by atoms with Gasteiger partial charge < -0.3 is 0 Å². The molecule has 1 aliphatic carbocycles. The molecule has 2 rings (SSSR count). The number of hydrogen-bond acceptors (Lipinski definition) is 1. The minimum atomic E-state index is 0.334. The van der Waals surface area contributed by atoms with Crippen molar-refractivity contribution in [2.45, 2.75) is 38.5 Å². The molecule has 1 aliphatic rings. The van der Waals surface area contributed by atoms with Gasteiger partial charge in [-0.15, -0.1) is 0 Å². The zero-order valence-electron chi connectivity index (χ0n) is 9.28. The highest BCUT2D eigenvalue weighted by Crippen LogP contribution is 2.37. The molecular formula is C14H18O. The predicted octanol–water partition coefficient (Wildman–Crippen LogP) is 3.55. The van der Waals surface area contributed by atoms with Crippen LogP contribution in [-0.2, 0) is 4.79 Å². The molecule has 0 aliphatic heterocycles. The van der Waals surface area contributed by atoms with E-state index in [2.05, 4.69) is 31.2 Å². The van der Waals surface area contributed by atoms with Crippen LogP contribution >= 0.6 is 0 Å². The second-order valence-corrected chi connectivity index (χ2v) is 4.50. The van der Waals surface area contributed by atoms with Crippen LogP contribution < -0.4 is 0 Å². The van der Waals surface area contributed by atoms with E-state index < -0.39 is 0 Å². The van der Waals surface area contributed by atoms with Gasteiger partial charge in [-0.3, -0.25) is 4.79 Å². The molecule has 2 unspecified atom stereocenters. The molecule has 80 valence electrons. The van der Waals surface area contributed by atoms with Crippen LogP contribution in [-0.4, -0.2) is 5.78 Å². The van der Waals surface area contributed by atoms with Crippen LogP contribution in [0.3, 0.4) is 0 Å². The van der Waals surface area contributed by atoms with Gasteiger partial charge in [0.25, 0.3) is 0 Å². The summed E-state index contributed by atoms with van der Waals surface area (Å²) in [5.41, 5.74) is 1.34. The first-order chi connectivity index (χ1) is 7.31. The van der Waals surface area contributed by atoms with E-state index in [-0.39, 0.29) is 0 Å². The average molecular weight is 202 g/mol. The molecule has 0 aromatic heterocycles. The maximum absolute atomic E-state index is 11.7. The highest BCUT2D eigenvalue weighted by molar-refractivity contribution is 5.84. The second kappa shape index (κ2) is 4.61. The van der Waals surface area contributed by atoms with Crippen molar-refractivity contribution in [3.8, 4) is 0 Å². The number of hydrogen-bond donors (Lipinski definition) is 0. The van der Waals surface area contributed by atoms with Crippen LogP contribution in [0.2, 0.25) is 0 Å². The Labute approximate surface area is 91.5 Å². The molecule has 1 heteroatoms. The van der Waals surface area contributed by atoms with Crippen molar-refractivity contribution < 1.29 is 4.79 Å². The van der Waals surface area contributed by atoms with Gasteiger partial charge in [-0.2, -0.15) is 0 Å². The van der Waals surface area contributed by atoms with E-state index in [4.69, 9.17) is 0 Å². The first-order valence-corrected chi connectivity index (χ1v) is 5.89. The molecule has 2 atom stereocenters. The van der Waals surface area contributed by atoms with Crippen molar-refractivity contribution in [2.75, 3.05) is 0 Å². The quantitative estimate of drug-likeness (QED) is 0.732. The van der Waals surface area contributed by atoms with E-state index >= 15 is 0 Å². The number of carbonyl (C=O) groups is 1. The fourth-order valence-electron chi connectivity index (χ4n) is 2.57. The van der Waals surface area contributed by atoms with E-state index in [1.54, 1.807) is 0 Å². The summed E-state index contributed by atoms with van der Waals surface area (Å²) < 4.78 is 0. The van der Waals surface area contributed by atoms with Crippen LogP contribution in [0.25, 0.3) is 0 Å². The summed E-state index contributed by atoms with van der Waals surface area (Å²) in [5.74, 6) is 1.29. The Morgan fingerprint density at radius 1 is 1.27 bits per heavy atom. The lowest BCUT2D eigenvalue weighted by Gasteiger charge is -2.09. The smallest absolute Gasteiger partial charge is 0.136 e. The molecule has 1 fully saturated rings. The normalized spacial score (nSPS) is 25.8. The second-order valence-electron chi connectivity index (χ2n) is 4.50. The third kappa shape index (κ3) is 2.28. The number of Topliss-reactive ketones (excluding diaryl/α,β-unsaturated/α-hetero) is 1. The molecule has 15 heavy (non-hydrogen) atoms. The Balaban J connectivity index is 2.06. The van der Waals surface area contributed by atoms with Gasteiger partial charge in [0.05, 0.1) is 0 Å². The van der Waals surface area contributed by atoms with Crippen LogP contribution in [0.15, 0.2) is 30.3 Å². The van der Waals surface area contributed by atoms with Crippen molar-refractivity contribution in [1.29, 1.82) is 0 Å². The Hall–Kier alpha value is -1.11. The van der Waals surface area contributed by atoms with E-state index in [1.807, 2.05) is 6.07 Å². The fraction of sp³-hybridized carbons (Fsp3) is 0.500. The monoisotopic (exact) mass is 202 g/mol.